The Kier molecular flexibility index (Phi) is 7.56. The van der Waals surface area contributed by atoms with Gasteiger partial charge < -0.3 is 10.5 Å². The topological polar surface area (TPSA) is 112 Å². The smallest absolute Gasteiger partial charge is 0.318 e. The molecule has 8 nitrogen and oxygen atoms in total. The predicted molar refractivity (Wildman–Crippen MR) is 103 cm³/mol. The van der Waals surface area contributed by atoms with Gasteiger partial charge in [-0.3, -0.25) is 14.7 Å². The van der Waals surface area contributed by atoms with Crippen LogP contribution in [-0.2, 0) is 17.9 Å². The van der Waals surface area contributed by atoms with Crippen molar-refractivity contribution in [3.8, 4) is 5.75 Å². The molecule has 0 unspecified atom stereocenters. The van der Waals surface area contributed by atoms with Gasteiger partial charge in [0.1, 0.15) is 18.2 Å². The number of ether oxygens (including phenoxy) is 1. The second-order valence-corrected chi connectivity index (χ2v) is 7.29. The molecule has 0 saturated carbocycles. The number of rotatable bonds is 9. The van der Waals surface area contributed by atoms with E-state index in [9.17, 15) is 14.0 Å². The number of hydrogen-bond donors (Lipinski definition) is 2. The van der Waals surface area contributed by atoms with Crippen LogP contribution in [0, 0.1) is 11.7 Å². The summed E-state index contributed by atoms with van der Waals surface area (Å²) < 4.78 is 20.4. The molecule has 0 aliphatic rings. The molecule has 0 radical (unpaired) electrons. The summed E-state index contributed by atoms with van der Waals surface area (Å²) in [6.45, 7) is 7.94. The van der Waals surface area contributed by atoms with Crippen LogP contribution in [0.2, 0.25) is 0 Å². The van der Waals surface area contributed by atoms with E-state index in [0.717, 1.165) is 0 Å². The van der Waals surface area contributed by atoms with Gasteiger partial charge in [0.05, 0.1) is 5.25 Å². The van der Waals surface area contributed by atoms with Gasteiger partial charge in [0.15, 0.2) is 11.0 Å². The fraction of sp³-hybridized carbons (Fsp3) is 0.333. The largest absolute Gasteiger partial charge is 0.486 e. The van der Waals surface area contributed by atoms with Gasteiger partial charge in [0, 0.05) is 6.54 Å². The zero-order valence-electron chi connectivity index (χ0n) is 15.6. The van der Waals surface area contributed by atoms with Gasteiger partial charge in [-0.15, -0.1) is 16.8 Å². The van der Waals surface area contributed by atoms with Crippen LogP contribution in [0.5, 0.6) is 5.75 Å². The average Bonchev–Trinajstić information content (AvgIpc) is 3.00. The number of hydrogen-bond acceptors (Lipinski definition) is 6. The van der Waals surface area contributed by atoms with E-state index < -0.39 is 17.2 Å². The van der Waals surface area contributed by atoms with Crippen molar-refractivity contribution in [1.82, 2.24) is 20.1 Å². The van der Waals surface area contributed by atoms with E-state index >= 15 is 0 Å². The number of thioether (sulfide) groups is 1. The van der Waals surface area contributed by atoms with Crippen LogP contribution < -0.4 is 15.8 Å². The Bertz CT molecular complexity index is 838. The van der Waals surface area contributed by atoms with Gasteiger partial charge in [-0.05, 0) is 30.2 Å². The van der Waals surface area contributed by atoms with Crippen molar-refractivity contribution in [3.05, 3.63) is 48.6 Å². The number of halogens is 1. The molecule has 10 heteroatoms. The highest BCUT2D eigenvalue weighted by molar-refractivity contribution is 8.00. The zero-order chi connectivity index (χ0) is 20.7. The zero-order valence-corrected chi connectivity index (χ0v) is 16.4. The number of benzene rings is 1. The number of amides is 3. The SMILES string of the molecule is C=CCn1c(COc2ccc(F)cc2)nnc1S[C@H](C(=O)NC(N)=O)C(C)C. The van der Waals surface area contributed by atoms with E-state index in [0.29, 0.717) is 23.3 Å². The number of nitrogens with zero attached hydrogens (tertiary/aromatic N) is 3. The summed E-state index contributed by atoms with van der Waals surface area (Å²) in [7, 11) is 0. The first-order valence-electron chi connectivity index (χ1n) is 8.50. The minimum absolute atomic E-state index is 0.0860. The molecule has 150 valence electrons. The molecule has 0 spiro atoms. The van der Waals surface area contributed by atoms with Crippen LogP contribution in [0.3, 0.4) is 0 Å². The second kappa shape index (κ2) is 9.88. The number of primary amides is 1. The summed E-state index contributed by atoms with van der Waals surface area (Å²) in [5.74, 6) is 0.0749. The van der Waals surface area contributed by atoms with Crippen molar-refractivity contribution in [2.45, 2.75) is 37.4 Å². The first kappa shape index (κ1) is 21.4. The molecule has 1 aromatic carbocycles. The molecule has 2 rings (SSSR count). The van der Waals surface area contributed by atoms with Gasteiger partial charge in [0.25, 0.3) is 0 Å². The molecule has 1 heterocycles. The van der Waals surface area contributed by atoms with Gasteiger partial charge in [-0.25, -0.2) is 9.18 Å². The maximum Gasteiger partial charge on any atom is 0.318 e. The summed E-state index contributed by atoms with van der Waals surface area (Å²) in [4.78, 5) is 23.2. The van der Waals surface area contributed by atoms with Crippen molar-refractivity contribution in [2.75, 3.05) is 0 Å². The molecule has 1 atom stereocenters. The Morgan fingerprint density at radius 2 is 2.04 bits per heavy atom. The first-order valence-corrected chi connectivity index (χ1v) is 9.38. The average molecular weight is 407 g/mol. The maximum absolute atomic E-state index is 13.0. The van der Waals surface area contributed by atoms with Crippen LogP contribution >= 0.6 is 11.8 Å². The molecule has 0 bridgehead atoms. The number of nitrogens with two attached hydrogens (primary N) is 1. The number of allylic oxidation sites excluding steroid dienone is 1. The highest BCUT2D eigenvalue weighted by atomic mass is 32.2. The van der Waals surface area contributed by atoms with Crippen LogP contribution in [0.1, 0.15) is 19.7 Å². The normalized spacial score (nSPS) is 11.9. The number of carbonyl (C=O) groups excluding carboxylic acids is 2. The minimum Gasteiger partial charge on any atom is -0.486 e. The second-order valence-electron chi connectivity index (χ2n) is 6.18. The molecule has 0 aliphatic heterocycles. The van der Waals surface area contributed by atoms with Gasteiger partial charge in [-0.2, -0.15) is 0 Å². The molecule has 0 fully saturated rings. The maximum atomic E-state index is 13.0. The summed E-state index contributed by atoms with van der Waals surface area (Å²) in [6.07, 6.45) is 1.67. The lowest BCUT2D eigenvalue weighted by Crippen LogP contribution is -2.42. The van der Waals surface area contributed by atoms with E-state index in [1.165, 1.54) is 36.0 Å². The summed E-state index contributed by atoms with van der Waals surface area (Å²) in [5, 5.41) is 10.2. The van der Waals surface area contributed by atoms with E-state index in [1.807, 2.05) is 13.8 Å². The van der Waals surface area contributed by atoms with Crippen molar-refractivity contribution in [2.24, 2.45) is 11.7 Å². The fourth-order valence-electron chi connectivity index (χ4n) is 2.30. The van der Waals surface area contributed by atoms with Gasteiger partial charge in [-0.1, -0.05) is 31.7 Å². The molecule has 3 N–H and O–H groups in total. The summed E-state index contributed by atoms with van der Waals surface area (Å²) in [6, 6.07) is 4.73. The lowest BCUT2D eigenvalue weighted by molar-refractivity contribution is -0.120. The molecule has 2 aromatic rings. The number of aromatic nitrogens is 3. The number of urea groups is 1. The van der Waals surface area contributed by atoms with Crippen LogP contribution in [0.25, 0.3) is 0 Å². The molecular weight excluding hydrogens is 385 g/mol. The lowest BCUT2D eigenvalue weighted by atomic mass is 10.1. The highest BCUT2D eigenvalue weighted by Crippen LogP contribution is 2.28. The Balaban J connectivity index is 2.17. The summed E-state index contributed by atoms with van der Waals surface area (Å²) in [5.41, 5.74) is 5.04. The molecule has 28 heavy (non-hydrogen) atoms. The summed E-state index contributed by atoms with van der Waals surface area (Å²) >= 11 is 1.17. The Morgan fingerprint density at radius 1 is 1.36 bits per heavy atom. The minimum atomic E-state index is -0.905. The third kappa shape index (κ3) is 5.81. The Morgan fingerprint density at radius 3 is 2.61 bits per heavy atom. The highest BCUT2D eigenvalue weighted by Gasteiger charge is 2.27. The molecule has 1 aromatic heterocycles. The van der Waals surface area contributed by atoms with Crippen molar-refractivity contribution < 1.29 is 18.7 Å². The van der Waals surface area contributed by atoms with Crippen molar-refractivity contribution in [1.29, 1.82) is 0 Å². The van der Waals surface area contributed by atoms with Crippen LogP contribution in [0.15, 0.2) is 42.1 Å². The van der Waals surface area contributed by atoms with E-state index in [1.54, 1.807) is 10.6 Å². The lowest BCUT2D eigenvalue weighted by Gasteiger charge is -2.18. The van der Waals surface area contributed by atoms with Crippen LogP contribution in [-0.4, -0.2) is 32.0 Å². The number of imide groups is 1. The Labute approximate surface area is 166 Å². The molecule has 3 amide bonds. The van der Waals surface area contributed by atoms with Crippen molar-refractivity contribution >= 4 is 23.7 Å². The molecule has 0 aliphatic carbocycles. The molecular formula is C18H22FN5O3S. The third-order valence-corrected chi connectivity index (χ3v) is 5.15. The Hall–Kier alpha value is -2.88. The van der Waals surface area contributed by atoms with Crippen molar-refractivity contribution in [3.63, 3.8) is 0 Å². The van der Waals surface area contributed by atoms with Gasteiger partial charge in [0.2, 0.25) is 5.91 Å². The predicted octanol–water partition coefficient (Wildman–Crippen LogP) is 2.49. The van der Waals surface area contributed by atoms with Gasteiger partial charge >= 0.3 is 6.03 Å². The fourth-order valence-corrected chi connectivity index (χ4v) is 3.36. The number of carbonyl (C=O) groups is 2. The standard InChI is InChI=1S/C18H22FN5O3S/c1-4-9-24-14(10-27-13-7-5-12(19)6-8-13)22-23-18(24)28-15(11(2)3)16(25)21-17(20)26/h4-8,11,15H,1,9-10H2,2-3H3,(H3,20,21,25,26)/t15-/m0/s1. The van der Waals surface area contributed by atoms with E-state index in [2.05, 4.69) is 22.1 Å². The quantitative estimate of drug-likeness (QED) is 0.488. The van der Waals surface area contributed by atoms with Crippen LogP contribution in [0.4, 0.5) is 9.18 Å². The molecule has 0 saturated heterocycles. The number of nitrogens with one attached hydrogen (secondary N) is 1. The van der Waals surface area contributed by atoms with E-state index in [4.69, 9.17) is 10.5 Å². The monoisotopic (exact) mass is 407 g/mol. The third-order valence-electron chi connectivity index (χ3n) is 3.63. The first-order chi connectivity index (χ1) is 13.3. The van der Waals surface area contributed by atoms with E-state index in [-0.39, 0.29) is 18.3 Å².